The standard InChI is InChI=1S/C10H8F2N2/c11-7-2-1-5-14-9(7)10(6-13)4-3-8(10)12/h1-2,5,8H,3-4H2. The molecule has 0 aromatic carbocycles. The third kappa shape index (κ3) is 1.02. The van der Waals surface area contributed by atoms with Gasteiger partial charge in [0.25, 0.3) is 0 Å². The van der Waals surface area contributed by atoms with E-state index in [0.29, 0.717) is 12.8 Å². The van der Waals surface area contributed by atoms with Crippen LogP contribution in [0.1, 0.15) is 18.5 Å². The topological polar surface area (TPSA) is 36.7 Å². The molecule has 72 valence electrons. The average Bonchev–Trinajstić information content (AvgIpc) is 2.20. The summed E-state index contributed by atoms with van der Waals surface area (Å²) in [5.41, 5.74) is -1.40. The zero-order chi connectivity index (χ0) is 10.2. The normalized spacial score (nSPS) is 30.5. The van der Waals surface area contributed by atoms with E-state index in [-0.39, 0.29) is 5.69 Å². The molecule has 1 fully saturated rings. The molecule has 1 heterocycles. The molecule has 1 aliphatic carbocycles. The molecule has 2 atom stereocenters. The first-order chi connectivity index (χ1) is 6.70. The van der Waals surface area contributed by atoms with Gasteiger partial charge < -0.3 is 0 Å². The molecule has 1 aliphatic rings. The Morgan fingerprint density at radius 3 is 2.86 bits per heavy atom. The smallest absolute Gasteiger partial charge is 0.146 e. The highest BCUT2D eigenvalue weighted by Crippen LogP contribution is 2.45. The van der Waals surface area contributed by atoms with Crippen molar-refractivity contribution in [3.8, 4) is 6.07 Å². The number of nitrogens with zero attached hydrogens (tertiary/aromatic N) is 2. The first-order valence-corrected chi connectivity index (χ1v) is 4.37. The van der Waals surface area contributed by atoms with Gasteiger partial charge in [0.2, 0.25) is 0 Å². The summed E-state index contributed by atoms with van der Waals surface area (Å²) in [4.78, 5) is 3.76. The SMILES string of the molecule is N#CC1(c2ncccc2F)CCC1F. The fraction of sp³-hybridized carbons (Fsp3) is 0.400. The van der Waals surface area contributed by atoms with Crippen LogP contribution in [0.2, 0.25) is 0 Å². The number of alkyl halides is 1. The number of nitriles is 1. The number of hydrogen-bond donors (Lipinski definition) is 0. The number of aromatic nitrogens is 1. The number of halogens is 2. The molecule has 14 heavy (non-hydrogen) atoms. The van der Waals surface area contributed by atoms with Crippen molar-refractivity contribution < 1.29 is 8.78 Å². The molecule has 4 heteroatoms. The van der Waals surface area contributed by atoms with Crippen LogP contribution >= 0.6 is 0 Å². The molecule has 2 rings (SSSR count). The summed E-state index contributed by atoms with van der Waals surface area (Å²) in [6.45, 7) is 0. The van der Waals surface area contributed by atoms with Crippen molar-refractivity contribution in [1.82, 2.24) is 4.98 Å². The van der Waals surface area contributed by atoms with Gasteiger partial charge in [-0.2, -0.15) is 5.26 Å². The van der Waals surface area contributed by atoms with E-state index in [1.54, 1.807) is 0 Å². The monoisotopic (exact) mass is 194 g/mol. The van der Waals surface area contributed by atoms with Crippen LogP contribution in [0, 0.1) is 17.1 Å². The van der Waals surface area contributed by atoms with Gasteiger partial charge in [-0.25, -0.2) is 8.78 Å². The third-order valence-corrected chi connectivity index (χ3v) is 2.71. The molecular formula is C10H8F2N2. The Balaban J connectivity index is 2.49. The highest BCUT2D eigenvalue weighted by Gasteiger charge is 2.52. The Kier molecular flexibility index (Phi) is 1.95. The van der Waals surface area contributed by atoms with Crippen LogP contribution in [-0.4, -0.2) is 11.2 Å². The van der Waals surface area contributed by atoms with Crippen molar-refractivity contribution >= 4 is 0 Å². The van der Waals surface area contributed by atoms with Crippen molar-refractivity contribution in [2.75, 3.05) is 0 Å². The van der Waals surface area contributed by atoms with Crippen LogP contribution < -0.4 is 0 Å². The summed E-state index contributed by atoms with van der Waals surface area (Å²) in [6.07, 6.45) is 0.738. The van der Waals surface area contributed by atoms with Crippen LogP contribution in [0.15, 0.2) is 18.3 Å². The van der Waals surface area contributed by atoms with Gasteiger partial charge in [0.05, 0.1) is 11.8 Å². The lowest BCUT2D eigenvalue weighted by molar-refractivity contribution is 0.109. The van der Waals surface area contributed by atoms with E-state index in [9.17, 15) is 8.78 Å². The summed E-state index contributed by atoms with van der Waals surface area (Å²) in [6, 6.07) is 4.47. The third-order valence-electron chi connectivity index (χ3n) is 2.71. The molecule has 2 nitrogen and oxygen atoms in total. The largest absolute Gasteiger partial charge is 0.256 e. The summed E-state index contributed by atoms with van der Waals surface area (Å²) in [5.74, 6) is -0.601. The Hall–Kier alpha value is -1.50. The van der Waals surface area contributed by atoms with Gasteiger partial charge in [0, 0.05) is 6.20 Å². The molecule has 0 bridgehead atoms. The van der Waals surface area contributed by atoms with Crippen LogP contribution in [0.25, 0.3) is 0 Å². The maximum Gasteiger partial charge on any atom is 0.146 e. The van der Waals surface area contributed by atoms with Crippen LogP contribution in [-0.2, 0) is 5.41 Å². The van der Waals surface area contributed by atoms with E-state index in [0.717, 1.165) is 0 Å². The second kappa shape index (κ2) is 3.02. The molecule has 0 aliphatic heterocycles. The van der Waals surface area contributed by atoms with Crippen molar-refractivity contribution in [2.24, 2.45) is 0 Å². The first-order valence-electron chi connectivity index (χ1n) is 4.37. The fourth-order valence-electron chi connectivity index (χ4n) is 1.70. The fourth-order valence-corrected chi connectivity index (χ4v) is 1.70. The summed E-state index contributed by atoms with van der Waals surface area (Å²) >= 11 is 0. The maximum atomic E-state index is 13.3. The Labute approximate surface area is 80.2 Å². The second-order valence-corrected chi connectivity index (χ2v) is 3.42. The van der Waals surface area contributed by atoms with Gasteiger partial charge in [-0.3, -0.25) is 4.98 Å². The lowest BCUT2D eigenvalue weighted by Gasteiger charge is -2.38. The molecule has 1 aromatic rings. The summed E-state index contributed by atoms with van der Waals surface area (Å²) < 4.78 is 26.6. The van der Waals surface area contributed by atoms with Gasteiger partial charge in [-0.1, -0.05) is 0 Å². The van der Waals surface area contributed by atoms with Crippen LogP contribution in [0.3, 0.4) is 0 Å². The lowest BCUT2D eigenvalue weighted by Crippen LogP contribution is -2.46. The minimum atomic E-state index is -1.34. The van der Waals surface area contributed by atoms with Gasteiger partial charge in [-0.15, -0.1) is 0 Å². The molecule has 0 amide bonds. The quantitative estimate of drug-likeness (QED) is 0.686. The highest BCUT2D eigenvalue weighted by molar-refractivity contribution is 5.33. The van der Waals surface area contributed by atoms with Crippen molar-refractivity contribution in [3.05, 3.63) is 29.8 Å². The van der Waals surface area contributed by atoms with E-state index < -0.39 is 17.4 Å². The Morgan fingerprint density at radius 1 is 1.64 bits per heavy atom. The van der Waals surface area contributed by atoms with Crippen LogP contribution in [0.4, 0.5) is 8.78 Å². The van der Waals surface area contributed by atoms with E-state index in [2.05, 4.69) is 4.98 Å². The van der Waals surface area contributed by atoms with Gasteiger partial charge in [0.15, 0.2) is 0 Å². The molecule has 1 aromatic heterocycles. The number of rotatable bonds is 1. The number of hydrogen-bond acceptors (Lipinski definition) is 2. The highest BCUT2D eigenvalue weighted by atomic mass is 19.1. The predicted molar refractivity (Wildman–Crippen MR) is 45.6 cm³/mol. The molecule has 2 unspecified atom stereocenters. The summed E-state index contributed by atoms with van der Waals surface area (Å²) in [7, 11) is 0. The van der Waals surface area contributed by atoms with Crippen LogP contribution in [0.5, 0.6) is 0 Å². The average molecular weight is 194 g/mol. The van der Waals surface area contributed by atoms with E-state index in [4.69, 9.17) is 5.26 Å². The zero-order valence-electron chi connectivity index (χ0n) is 7.37. The molecule has 0 radical (unpaired) electrons. The first kappa shape index (κ1) is 9.07. The van der Waals surface area contributed by atoms with Gasteiger partial charge >= 0.3 is 0 Å². The van der Waals surface area contributed by atoms with E-state index in [1.165, 1.54) is 18.3 Å². The predicted octanol–water partition coefficient (Wildman–Crippen LogP) is 2.11. The molecule has 0 N–H and O–H groups in total. The molecule has 0 spiro atoms. The molecular weight excluding hydrogens is 186 g/mol. The molecule has 1 saturated carbocycles. The second-order valence-electron chi connectivity index (χ2n) is 3.42. The summed E-state index contributed by atoms with van der Waals surface area (Å²) in [5, 5.41) is 8.89. The van der Waals surface area contributed by atoms with Gasteiger partial charge in [-0.05, 0) is 25.0 Å². The number of pyridine rings is 1. The minimum absolute atomic E-state index is 0.0544. The van der Waals surface area contributed by atoms with Gasteiger partial charge in [0.1, 0.15) is 17.4 Å². The van der Waals surface area contributed by atoms with E-state index >= 15 is 0 Å². The van der Waals surface area contributed by atoms with Crippen molar-refractivity contribution in [1.29, 1.82) is 5.26 Å². The van der Waals surface area contributed by atoms with Crippen molar-refractivity contribution in [3.63, 3.8) is 0 Å². The molecule has 0 saturated heterocycles. The lowest BCUT2D eigenvalue weighted by atomic mass is 9.65. The van der Waals surface area contributed by atoms with Crippen molar-refractivity contribution in [2.45, 2.75) is 24.4 Å². The maximum absolute atomic E-state index is 13.3. The zero-order valence-corrected chi connectivity index (χ0v) is 7.37. The van der Waals surface area contributed by atoms with E-state index in [1.807, 2.05) is 6.07 Å². The minimum Gasteiger partial charge on any atom is -0.256 e. The Morgan fingerprint density at radius 2 is 2.43 bits per heavy atom. The Bertz CT molecular complexity index is 399.